The summed E-state index contributed by atoms with van der Waals surface area (Å²) in [5.41, 5.74) is 6.58. The molecule has 0 saturated heterocycles. The standard InChI is InChI=1S/C13H18FN3O/c1-9(2)17-11-5-3-4-10(14)13(11)16-12(17)8-18-7-6-15/h3-5,9H,6-8,15H2,1-2H3. The average molecular weight is 251 g/mol. The lowest BCUT2D eigenvalue weighted by atomic mass is 10.3. The van der Waals surface area contributed by atoms with Gasteiger partial charge in [0, 0.05) is 12.6 Å². The van der Waals surface area contributed by atoms with Gasteiger partial charge in [-0.1, -0.05) is 6.07 Å². The molecule has 2 aromatic rings. The predicted molar refractivity (Wildman–Crippen MR) is 68.8 cm³/mol. The average Bonchev–Trinajstić information content (AvgIpc) is 2.69. The quantitative estimate of drug-likeness (QED) is 0.829. The van der Waals surface area contributed by atoms with E-state index in [0.29, 0.717) is 25.3 Å². The summed E-state index contributed by atoms with van der Waals surface area (Å²) in [4.78, 5) is 4.33. The molecule has 0 fully saturated rings. The zero-order chi connectivity index (χ0) is 13.1. The van der Waals surface area contributed by atoms with Gasteiger partial charge in [0.15, 0.2) is 5.82 Å². The van der Waals surface area contributed by atoms with E-state index in [1.807, 2.05) is 24.5 Å². The minimum atomic E-state index is -0.299. The smallest absolute Gasteiger partial charge is 0.151 e. The minimum absolute atomic E-state index is 0.202. The van der Waals surface area contributed by atoms with Crippen LogP contribution in [-0.4, -0.2) is 22.7 Å². The maximum Gasteiger partial charge on any atom is 0.151 e. The molecule has 4 nitrogen and oxygen atoms in total. The molecular formula is C13H18FN3O. The Bertz CT molecular complexity index is 536. The van der Waals surface area contributed by atoms with Crippen LogP contribution in [0.25, 0.3) is 11.0 Å². The number of ether oxygens (including phenoxy) is 1. The van der Waals surface area contributed by atoms with Gasteiger partial charge in [0.1, 0.15) is 17.9 Å². The third-order valence-electron chi connectivity index (χ3n) is 2.75. The van der Waals surface area contributed by atoms with Crippen LogP contribution < -0.4 is 5.73 Å². The van der Waals surface area contributed by atoms with Gasteiger partial charge in [0.25, 0.3) is 0 Å². The molecule has 1 heterocycles. The lowest BCUT2D eigenvalue weighted by Gasteiger charge is -2.13. The lowest BCUT2D eigenvalue weighted by molar-refractivity contribution is 0.119. The predicted octanol–water partition coefficient (Wildman–Crippen LogP) is 2.23. The Morgan fingerprint density at radius 2 is 2.22 bits per heavy atom. The van der Waals surface area contributed by atoms with Crippen molar-refractivity contribution in [3.63, 3.8) is 0 Å². The molecule has 0 atom stereocenters. The van der Waals surface area contributed by atoms with E-state index in [1.165, 1.54) is 6.07 Å². The summed E-state index contributed by atoms with van der Waals surface area (Å²) in [6, 6.07) is 5.19. The Hall–Kier alpha value is -1.46. The van der Waals surface area contributed by atoms with Gasteiger partial charge in [-0.3, -0.25) is 0 Å². The highest BCUT2D eigenvalue weighted by Gasteiger charge is 2.15. The van der Waals surface area contributed by atoms with Gasteiger partial charge in [0.2, 0.25) is 0 Å². The van der Waals surface area contributed by atoms with Crippen LogP contribution in [-0.2, 0) is 11.3 Å². The number of rotatable bonds is 5. The molecule has 2 rings (SSSR count). The molecule has 1 aromatic heterocycles. The zero-order valence-electron chi connectivity index (χ0n) is 10.7. The van der Waals surface area contributed by atoms with E-state index in [-0.39, 0.29) is 11.9 Å². The summed E-state index contributed by atoms with van der Waals surface area (Å²) in [5.74, 6) is 0.436. The van der Waals surface area contributed by atoms with Gasteiger partial charge >= 0.3 is 0 Å². The second kappa shape index (κ2) is 5.46. The number of hydrogen-bond donors (Lipinski definition) is 1. The van der Waals surface area contributed by atoms with Crippen LogP contribution in [0.3, 0.4) is 0 Å². The van der Waals surface area contributed by atoms with Crippen molar-refractivity contribution in [2.75, 3.05) is 13.2 Å². The molecule has 0 bridgehead atoms. The van der Waals surface area contributed by atoms with Crippen molar-refractivity contribution in [2.24, 2.45) is 5.73 Å². The van der Waals surface area contributed by atoms with Crippen molar-refractivity contribution in [3.05, 3.63) is 29.8 Å². The third kappa shape index (κ3) is 2.37. The van der Waals surface area contributed by atoms with E-state index in [1.54, 1.807) is 6.07 Å². The number of nitrogens with two attached hydrogens (primary N) is 1. The molecule has 0 aliphatic heterocycles. The third-order valence-corrected chi connectivity index (χ3v) is 2.75. The van der Waals surface area contributed by atoms with Crippen molar-refractivity contribution in [3.8, 4) is 0 Å². The molecule has 0 aliphatic carbocycles. The van der Waals surface area contributed by atoms with Crippen molar-refractivity contribution >= 4 is 11.0 Å². The molecule has 18 heavy (non-hydrogen) atoms. The number of halogens is 1. The largest absolute Gasteiger partial charge is 0.372 e. The second-order valence-electron chi connectivity index (χ2n) is 4.44. The van der Waals surface area contributed by atoms with Crippen LogP contribution in [0.2, 0.25) is 0 Å². The SMILES string of the molecule is CC(C)n1c(COCCN)nc2c(F)cccc21. The molecule has 0 saturated carbocycles. The first-order valence-electron chi connectivity index (χ1n) is 6.08. The molecular weight excluding hydrogens is 233 g/mol. The highest BCUT2D eigenvalue weighted by Crippen LogP contribution is 2.23. The van der Waals surface area contributed by atoms with Crippen LogP contribution in [0.5, 0.6) is 0 Å². The van der Waals surface area contributed by atoms with Gasteiger partial charge in [-0.15, -0.1) is 0 Å². The number of benzene rings is 1. The van der Waals surface area contributed by atoms with Crippen molar-refractivity contribution in [2.45, 2.75) is 26.5 Å². The summed E-state index contributed by atoms with van der Waals surface area (Å²) in [5, 5.41) is 0. The van der Waals surface area contributed by atoms with Crippen LogP contribution in [0, 0.1) is 5.82 Å². The fourth-order valence-corrected chi connectivity index (χ4v) is 2.06. The number of imidazole rings is 1. The number of nitrogens with zero attached hydrogens (tertiary/aromatic N) is 2. The topological polar surface area (TPSA) is 53.1 Å². The molecule has 1 aromatic carbocycles. The summed E-state index contributed by atoms with van der Waals surface area (Å²) in [6.45, 7) is 5.38. The van der Waals surface area contributed by atoms with E-state index in [9.17, 15) is 4.39 Å². The maximum atomic E-state index is 13.7. The van der Waals surface area contributed by atoms with E-state index in [2.05, 4.69) is 4.98 Å². The molecule has 0 radical (unpaired) electrons. The number of aromatic nitrogens is 2. The Kier molecular flexibility index (Phi) is 3.93. The second-order valence-corrected chi connectivity index (χ2v) is 4.44. The van der Waals surface area contributed by atoms with Crippen molar-refractivity contribution < 1.29 is 9.13 Å². The Balaban J connectivity index is 2.44. The minimum Gasteiger partial charge on any atom is -0.372 e. The van der Waals surface area contributed by atoms with Crippen LogP contribution >= 0.6 is 0 Å². The molecule has 0 amide bonds. The number of para-hydroxylation sites is 1. The summed E-state index contributed by atoms with van der Waals surface area (Å²) in [7, 11) is 0. The van der Waals surface area contributed by atoms with E-state index >= 15 is 0 Å². The number of fused-ring (bicyclic) bond motifs is 1. The van der Waals surface area contributed by atoms with Gasteiger partial charge in [-0.25, -0.2) is 9.37 Å². The fraction of sp³-hybridized carbons (Fsp3) is 0.462. The lowest BCUT2D eigenvalue weighted by Crippen LogP contribution is -2.12. The van der Waals surface area contributed by atoms with Crippen LogP contribution in [0.1, 0.15) is 25.7 Å². The maximum absolute atomic E-state index is 13.7. The van der Waals surface area contributed by atoms with Gasteiger partial charge in [-0.2, -0.15) is 0 Å². The van der Waals surface area contributed by atoms with E-state index in [0.717, 1.165) is 11.3 Å². The van der Waals surface area contributed by atoms with E-state index < -0.39 is 0 Å². The Labute approximate surface area is 106 Å². The molecule has 5 heteroatoms. The molecule has 0 unspecified atom stereocenters. The summed E-state index contributed by atoms with van der Waals surface area (Å²) >= 11 is 0. The summed E-state index contributed by atoms with van der Waals surface area (Å²) < 4.78 is 21.1. The number of hydrogen-bond acceptors (Lipinski definition) is 3. The first kappa shape index (κ1) is 13.0. The van der Waals surface area contributed by atoms with Gasteiger partial charge in [-0.05, 0) is 26.0 Å². The summed E-state index contributed by atoms with van der Waals surface area (Å²) in [6.07, 6.45) is 0. The van der Waals surface area contributed by atoms with Crippen molar-refractivity contribution in [1.82, 2.24) is 9.55 Å². The van der Waals surface area contributed by atoms with Gasteiger partial charge < -0.3 is 15.0 Å². The highest BCUT2D eigenvalue weighted by atomic mass is 19.1. The molecule has 0 spiro atoms. The Morgan fingerprint density at radius 1 is 1.44 bits per heavy atom. The zero-order valence-corrected chi connectivity index (χ0v) is 10.7. The highest BCUT2D eigenvalue weighted by molar-refractivity contribution is 5.76. The monoisotopic (exact) mass is 251 g/mol. The molecule has 98 valence electrons. The van der Waals surface area contributed by atoms with Gasteiger partial charge in [0.05, 0.1) is 12.1 Å². The molecule has 2 N–H and O–H groups in total. The van der Waals surface area contributed by atoms with Crippen LogP contribution in [0.4, 0.5) is 4.39 Å². The Morgan fingerprint density at radius 3 is 2.89 bits per heavy atom. The normalized spacial score (nSPS) is 11.6. The van der Waals surface area contributed by atoms with E-state index in [4.69, 9.17) is 10.5 Å². The molecule has 0 aliphatic rings. The van der Waals surface area contributed by atoms with Crippen molar-refractivity contribution in [1.29, 1.82) is 0 Å². The first-order valence-corrected chi connectivity index (χ1v) is 6.08. The first-order chi connectivity index (χ1) is 8.65. The fourth-order valence-electron chi connectivity index (χ4n) is 2.06. The van der Waals surface area contributed by atoms with Crippen LogP contribution in [0.15, 0.2) is 18.2 Å².